The molecule has 6 heteroatoms. The predicted molar refractivity (Wildman–Crippen MR) is 83.6 cm³/mol. The van der Waals surface area contributed by atoms with Crippen molar-refractivity contribution in [2.24, 2.45) is 0 Å². The zero-order chi connectivity index (χ0) is 14.5. The quantitative estimate of drug-likeness (QED) is 0.897. The molecule has 0 aliphatic carbocycles. The average Bonchev–Trinajstić information content (AvgIpc) is 2.44. The molecule has 2 N–H and O–H groups in total. The van der Waals surface area contributed by atoms with Gasteiger partial charge in [0.1, 0.15) is 0 Å². The maximum atomic E-state index is 12.1. The molecule has 0 aromatic heterocycles. The molecule has 1 heterocycles. The molecule has 1 unspecified atom stereocenters. The number of likely N-dealkylation sites (tertiary alicyclic amines) is 1. The molecule has 1 aliphatic rings. The van der Waals surface area contributed by atoms with Crippen molar-refractivity contribution >= 4 is 34.8 Å². The van der Waals surface area contributed by atoms with E-state index in [0.717, 1.165) is 25.9 Å². The Morgan fingerprint density at radius 2 is 2.25 bits per heavy atom. The summed E-state index contributed by atoms with van der Waals surface area (Å²) in [6.45, 7) is 2.23. The van der Waals surface area contributed by atoms with Gasteiger partial charge in [-0.2, -0.15) is 0 Å². The second-order valence-electron chi connectivity index (χ2n) is 5.01. The topological polar surface area (TPSA) is 44.4 Å². The van der Waals surface area contributed by atoms with Gasteiger partial charge in [-0.3, -0.25) is 9.69 Å². The summed E-state index contributed by atoms with van der Waals surface area (Å²) in [6.07, 6.45) is 2.27. The molecule has 2 rings (SSSR count). The fraction of sp³-hybridized carbons (Fsp3) is 0.500. The van der Waals surface area contributed by atoms with Gasteiger partial charge in [0.2, 0.25) is 5.91 Å². The number of likely N-dealkylation sites (N-methyl/N-ethyl adjacent to an activating group) is 1. The Morgan fingerprint density at radius 3 is 3.00 bits per heavy atom. The lowest BCUT2D eigenvalue weighted by Gasteiger charge is -2.31. The summed E-state index contributed by atoms with van der Waals surface area (Å²) in [6, 6.07) is 5.67. The monoisotopic (exact) mass is 315 g/mol. The van der Waals surface area contributed by atoms with Crippen molar-refractivity contribution in [3.8, 4) is 0 Å². The van der Waals surface area contributed by atoms with Crippen LogP contribution < -0.4 is 10.6 Å². The molecular formula is C14H19Cl2N3O. The Labute approximate surface area is 129 Å². The van der Waals surface area contributed by atoms with Crippen molar-refractivity contribution in [3.05, 3.63) is 28.2 Å². The summed E-state index contributed by atoms with van der Waals surface area (Å²) in [5.74, 6) is -0.0640. The van der Waals surface area contributed by atoms with E-state index in [-0.39, 0.29) is 5.91 Å². The van der Waals surface area contributed by atoms with Gasteiger partial charge in [0.25, 0.3) is 0 Å². The fourth-order valence-electron chi connectivity index (χ4n) is 2.43. The highest BCUT2D eigenvalue weighted by Crippen LogP contribution is 2.29. The average molecular weight is 316 g/mol. The maximum Gasteiger partial charge on any atom is 0.238 e. The molecule has 1 saturated heterocycles. The first-order valence-corrected chi connectivity index (χ1v) is 7.49. The van der Waals surface area contributed by atoms with E-state index in [1.54, 1.807) is 18.2 Å². The van der Waals surface area contributed by atoms with Gasteiger partial charge >= 0.3 is 0 Å². The highest BCUT2D eigenvalue weighted by atomic mass is 35.5. The number of nitrogens with one attached hydrogen (secondary N) is 2. The first kappa shape index (κ1) is 15.6. The van der Waals surface area contributed by atoms with E-state index in [1.807, 2.05) is 7.05 Å². The summed E-state index contributed by atoms with van der Waals surface area (Å²) in [5.41, 5.74) is 0.561. The first-order valence-electron chi connectivity index (χ1n) is 6.73. The van der Waals surface area contributed by atoms with Crippen molar-refractivity contribution in [1.82, 2.24) is 10.2 Å². The van der Waals surface area contributed by atoms with Crippen molar-refractivity contribution in [1.29, 1.82) is 0 Å². The molecule has 20 heavy (non-hydrogen) atoms. The Bertz CT molecular complexity index is 481. The van der Waals surface area contributed by atoms with Crippen molar-refractivity contribution in [3.63, 3.8) is 0 Å². The van der Waals surface area contributed by atoms with E-state index >= 15 is 0 Å². The Kier molecular flexibility index (Phi) is 5.66. The zero-order valence-corrected chi connectivity index (χ0v) is 13.0. The molecule has 1 aliphatic heterocycles. The van der Waals surface area contributed by atoms with Crippen LogP contribution in [0.5, 0.6) is 0 Å². The van der Waals surface area contributed by atoms with E-state index in [2.05, 4.69) is 15.5 Å². The number of benzene rings is 1. The molecule has 4 nitrogen and oxygen atoms in total. The van der Waals surface area contributed by atoms with Gasteiger partial charge in [-0.1, -0.05) is 29.3 Å². The van der Waals surface area contributed by atoms with Crippen LogP contribution in [0, 0.1) is 0 Å². The second-order valence-corrected chi connectivity index (χ2v) is 5.80. The smallest absolute Gasteiger partial charge is 0.238 e. The second kappa shape index (κ2) is 7.27. The van der Waals surface area contributed by atoms with Crippen molar-refractivity contribution in [2.45, 2.75) is 18.9 Å². The van der Waals surface area contributed by atoms with Crippen LogP contribution in [0.2, 0.25) is 10.0 Å². The van der Waals surface area contributed by atoms with Gasteiger partial charge in [0.15, 0.2) is 0 Å². The number of nitrogens with zero attached hydrogens (tertiary/aromatic N) is 1. The summed E-state index contributed by atoms with van der Waals surface area (Å²) in [4.78, 5) is 14.2. The Balaban J connectivity index is 1.90. The van der Waals surface area contributed by atoms with E-state index in [1.165, 1.54) is 0 Å². The third-order valence-electron chi connectivity index (χ3n) is 3.51. The van der Waals surface area contributed by atoms with Crippen LogP contribution in [0.4, 0.5) is 5.69 Å². The highest BCUT2D eigenvalue weighted by molar-refractivity contribution is 6.43. The van der Waals surface area contributed by atoms with Gasteiger partial charge in [0.05, 0.1) is 22.3 Å². The van der Waals surface area contributed by atoms with Crippen LogP contribution in [0.1, 0.15) is 12.8 Å². The number of anilines is 1. The zero-order valence-electron chi connectivity index (χ0n) is 11.5. The van der Waals surface area contributed by atoms with Crippen LogP contribution in [-0.4, -0.2) is 43.5 Å². The molecule has 0 saturated carbocycles. The van der Waals surface area contributed by atoms with Gasteiger partial charge in [-0.25, -0.2) is 0 Å². The van der Waals surface area contributed by atoms with Crippen LogP contribution in [-0.2, 0) is 4.79 Å². The summed E-state index contributed by atoms with van der Waals surface area (Å²) in [5, 5.41) is 6.90. The van der Waals surface area contributed by atoms with E-state index in [9.17, 15) is 4.79 Å². The van der Waals surface area contributed by atoms with Crippen molar-refractivity contribution < 1.29 is 4.79 Å². The SMILES string of the molecule is CNC1CCCN(CC(=O)Nc2cccc(Cl)c2Cl)C1. The summed E-state index contributed by atoms with van der Waals surface area (Å²) >= 11 is 12.0. The van der Waals surface area contributed by atoms with Crippen LogP contribution in [0.15, 0.2) is 18.2 Å². The van der Waals surface area contributed by atoms with Crippen LogP contribution in [0.3, 0.4) is 0 Å². The minimum atomic E-state index is -0.0640. The third kappa shape index (κ3) is 4.09. The highest BCUT2D eigenvalue weighted by Gasteiger charge is 2.20. The molecule has 0 radical (unpaired) electrons. The van der Waals surface area contributed by atoms with Gasteiger partial charge in [-0.05, 0) is 38.6 Å². The Morgan fingerprint density at radius 1 is 1.45 bits per heavy atom. The fourth-order valence-corrected chi connectivity index (χ4v) is 2.78. The lowest BCUT2D eigenvalue weighted by atomic mass is 10.1. The number of rotatable bonds is 4. The lowest BCUT2D eigenvalue weighted by Crippen LogP contribution is -2.46. The molecule has 1 atom stereocenters. The number of hydrogen-bond acceptors (Lipinski definition) is 3. The summed E-state index contributed by atoms with van der Waals surface area (Å²) in [7, 11) is 1.96. The Hall–Kier alpha value is -0.810. The standard InChI is InChI=1S/C14H19Cl2N3O/c1-17-10-4-3-7-19(8-10)9-13(20)18-12-6-2-5-11(15)14(12)16/h2,5-6,10,17H,3-4,7-9H2,1H3,(H,18,20). The predicted octanol–water partition coefficient (Wildman–Crippen LogP) is 2.62. The number of piperidine rings is 1. The normalized spacial score (nSPS) is 19.9. The molecule has 1 fully saturated rings. The van der Waals surface area contributed by atoms with E-state index in [4.69, 9.17) is 23.2 Å². The number of carbonyl (C=O) groups is 1. The number of halogens is 2. The lowest BCUT2D eigenvalue weighted by molar-refractivity contribution is -0.117. The van der Waals surface area contributed by atoms with Gasteiger partial charge < -0.3 is 10.6 Å². The van der Waals surface area contributed by atoms with Gasteiger partial charge in [-0.15, -0.1) is 0 Å². The third-order valence-corrected chi connectivity index (χ3v) is 4.33. The van der Waals surface area contributed by atoms with Gasteiger partial charge in [0, 0.05) is 12.6 Å². The summed E-state index contributed by atoms with van der Waals surface area (Å²) < 4.78 is 0. The largest absolute Gasteiger partial charge is 0.324 e. The molecular weight excluding hydrogens is 297 g/mol. The van der Waals surface area contributed by atoms with Crippen molar-refractivity contribution in [2.75, 3.05) is 32.0 Å². The molecule has 1 amide bonds. The maximum absolute atomic E-state index is 12.1. The van der Waals surface area contributed by atoms with E-state index in [0.29, 0.717) is 28.3 Å². The molecule has 0 bridgehead atoms. The van der Waals surface area contributed by atoms with E-state index < -0.39 is 0 Å². The number of hydrogen-bond donors (Lipinski definition) is 2. The number of carbonyl (C=O) groups excluding carboxylic acids is 1. The molecule has 110 valence electrons. The molecule has 0 spiro atoms. The minimum absolute atomic E-state index is 0.0640. The molecule has 1 aromatic carbocycles. The molecule has 1 aromatic rings. The van der Waals surface area contributed by atoms with Crippen LogP contribution >= 0.6 is 23.2 Å². The first-order chi connectivity index (χ1) is 9.60. The minimum Gasteiger partial charge on any atom is -0.324 e. The van der Waals surface area contributed by atoms with Crippen LogP contribution in [0.25, 0.3) is 0 Å². The number of amides is 1.